The van der Waals surface area contributed by atoms with Gasteiger partial charge in [-0.3, -0.25) is 4.98 Å². The lowest BCUT2D eigenvalue weighted by Crippen LogP contribution is -2.30. The molecule has 1 unspecified atom stereocenters. The fraction of sp³-hybridized carbons (Fsp3) is 0.522. The number of rotatable bonds is 6. The average molecular weight is 492 g/mol. The van der Waals surface area contributed by atoms with Gasteiger partial charge in [0, 0.05) is 31.3 Å². The number of aromatic nitrogens is 4. The Balaban J connectivity index is 0.000000623. The molecule has 190 valence electrons. The number of nitrogen functional groups attached to an aromatic ring is 1. The number of hydrogen-bond donors (Lipinski definition) is 2. The van der Waals surface area contributed by atoms with E-state index in [1.54, 1.807) is 10.7 Å². The SMILES string of the molecule is CCC(F)F.Cc1nc(-c2ccn3nc(NC4CN(C)C[C@@H]4F)nc(N)c23)ccc1N=NC(C)C. The zero-order chi connectivity index (χ0) is 25.7. The molecular weight excluding hydrogens is 459 g/mol. The largest absolute Gasteiger partial charge is 0.382 e. The smallest absolute Gasteiger partial charge is 0.243 e. The van der Waals surface area contributed by atoms with Gasteiger partial charge in [0.05, 0.1) is 23.5 Å². The zero-order valence-electron chi connectivity index (χ0n) is 20.6. The molecule has 3 N–H and O–H groups in total. The first-order valence-electron chi connectivity index (χ1n) is 11.5. The summed E-state index contributed by atoms with van der Waals surface area (Å²) >= 11 is 0. The van der Waals surface area contributed by atoms with Gasteiger partial charge in [0.1, 0.15) is 17.4 Å². The van der Waals surface area contributed by atoms with E-state index in [-0.39, 0.29) is 18.5 Å². The first-order valence-corrected chi connectivity index (χ1v) is 11.5. The fourth-order valence-corrected chi connectivity index (χ4v) is 3.56. The number of pyridine rings is 1. The maximum absolute atomic E-state index is 14.1. The molecule has 0 aliphatic carbocycles. The van der Waals surface area contributed by atoms with Crippen LogP contribution in [0.15, 0.2) is 34.6 Å². The van der Waals surface area contributed by atoms with E-state index in [2.05, 4.69) is 30.6 Å². The first-order chi connectivity index (χ1) is 16.6. The quantitative estimate of drug-likeness (QED) is 0.475. The summed E-state index contributed by atoms with van der Waals surface area (Å²) in [5, 5.41) is 15.9. The van der Waals surface area contributed by atoms with Crippen LogP contribution >= 0.6 is 0 Å². The lowest BCUT2D eigenvalue weighted by atomic mass is 10.1. The van der Waals surface area contributed by atoms with Crippen molar-refractivity contribution in [3.05, 3.63) is 30.1 Å². The molecule has 0 spiro atoms. The Hall–Kier alpha value is -3.28. The summed E-state index contributed by atoms with van der Waals surface area (Å²) in [5.41, 5.74) is 9.97. The standard InChI is InChI=1S/C20H26FN9.C3H6F2/c1-11(2)26-27-15-5-6-16(23-12(15)3)13-7-8-30-18(13)19(22)25-20(28-30)24-17-10-29(4)9-14(17)21;1-2-3(4)5/h5-8,11,14,17H,9-10H2,1-4H3,(H3,22,24,25,28);3H,2H2,1H3/t14-,17?;/m0./s1. The van der Waals surface area contributed by atoms with Crippen molar-refractivity contribution in [1.29, 1.82) is 0 Å². The highest BCUT2D eigenvalue weighted by atomic mass is 19.3. The molecule has 1 aliphatic rings. The van der Waals surface area contributed by atoms with Gasteiger partial charge in [0.15, 0.2) is 5.82 Å². The predicted octanol–water partition coefficient (Wildman–Crippen LogP) is 4.90. The number of azo groups is 1. The van der Waals surface area contributed by atoms with Gasteiger partial charge in [-0.25, -0.2) is 17.7 Å². The molecule has 4 heterocycles. The van der Waals surface area contributed by atoms with E-state index < -0.39 is 12.6 Å². The number of alkyl halides is 3. The van der Waals surface area contributed by atoms with Crippen LogP contribution in [0, 0.1) is 6.92 Å². The highest BCUT2D eigenvalue weighted by Gasteiger charge is 2.31. The van der Waals surface area contributed by atoms with Crippen LogP contribution in [0.5, 0.6) is 0 Å². The minimum atomic E-state index is -2.12. The van der Waals surface area contributed by atoms with Gasteiger partial charge in [0.2, 0.25) is 12.4 Å². The molecule has 0 amide bonds. The molecule has 1 saturated heterocycles. The average Bonchev–Trinajstić information content (AvgIpc) is 3.35. The molecule has 0 bridgehead atoms. The van der Waals surface area contributed by atoms with Crippen LogP contribution in [-0.2, 0) is 0 Å². The summed E-state index contributed by atoms with van der Waals surface area (Å²) < 4.78 is 37.3. The molecule has 0 saturated carbocycles. The van der Waals surface area contributed by atoms with E-state index in [4.69, 9.17) is 5.73 Å². The number of halogens is 3. The number of anilines is 2. The van der Waals surface area contributed by atoms with Crippen molar-refractivity contribution in [3.63, 3.8) is 0 Å². The predicted molar refractivity (Wildman–Crippen MR) is 131 cm³/mol. The Morgan fingerprint density at radius 3 is 2.49 bits per heavy atom. The number of nitrogens with one attached hydrogen (secondary N) is 1. The second-order valence-electron chi connectivity index (χ2n) is 8.74. The topological polar surface area (TPSA) is 109 Å². The van der Waals surface area contributed by atoms with E-state index in [9.17, 15) is 13.2 Å². The van der Waals surface area contributed by atoms with Crippen LogP contribution in [0.1, 0.15) is 32.9 Å². The van der Waals surface area contributed by atoms with E-state index in [0.29, 0.717) is 30.4 Å². The fourth-order valence-electron chi connectivity index (χ4n) is 3.56. The summed E-state index contributed by atoms with van der Waals surface area (Å²) in [7, 11) is 1.88. The molecule has 0 aromatic carbocycles. The third kappa shape index (κ3) is 6.65. The van der Waals surface area contributed by atoms with Crippen molar-refractivity contribution >= 4 is 23.0 Å². The van der Waals surface area contributed by atoms with Crippen LogP contribution in [0.4, 0.5) is 30.6 Å². The zero-order valence-corrected chi connectivity index (χ0v) is 20.6. The number of nitrogens with zero attached hydrogens (tertiary/aromatic N) is 7. The second kappa shape index (κ2) is 11.4. The third-order valence-corrected chi connectivity index (χ3v) is 5.32. The summed E-state index contributed by atoms with van der Waals surface area (Å²) in [6.07, 6.45) is -1.32. The van der Waals surface area contributed by atoms with Crippen molar-refractivity contribution in [3.8, 4) is 11.3 Å². The molecule has 3 aromatic rings. The molecule has 1 aliphatic heterocycles. The van der Waals surface area contributed by atoms with Gasteiger partial charge in [-0.15, -0.1) is 5.10 Å². The maximum atomic E-state index is 14.1. The van der Waals surface area contributed by atoms with Gasteiger partial charge < -0.3 is 16.0 Å². The van der Waals surface area contributed by atoms with Crippen molar-refractivity contribution in [2.45, 2.75) is 58.8 Å². The van der Waals surface area contributed by atoms with Crippen molar-refractivity contribution < 1.29 is 13.2 Å². The number of fused-ring (bicyclic) bond motifs is 1. The normalized spacial score (nSPS) is 18.6. The lowest BCUT2D eigenvalue weighted by molar-refractivity contribution is 0.144. The van der Waals surface area contributed by atoms with Gasteiger partial charge in [-0.05, 0) is 46.0 Å². The minimum Gasteiger partial charge on any atom is -0.382 e. The molecule has 35 heavy (non-hydrogen) atoms. The lowest BCUT2D eigenvalue weighted by Gasteiger charge is -2.15. The first kappa shape index (κ1) is 26.3. The summed E-state index contributed by atoms with van der Waals surface area (Å²) in [6.45, 7) is 8.26. The van der Waals surface area contributed by atoms with Gasteiger partial charge >= 0.3 is 0 Å². The molecule has 9 nitrogen and oxygen atoms in total. The Labute approximate surface area is 202 Å². The highest BCUT2D eigenvalue weighted by molar-refractivity contribution is 5.86. The Kier molecular flexibility index (Phi) is 8.60. The van der Waals surface area contributed by atoms with Crippen LogP contribution in [0.2, 0.25) is 0 Å². The van der Waals surface area contributed by atoms with Crippen molar-refractivity contribution in [2.24, 2.45) is 10.2 Å². The van der Waals surface area contributed by atoms with E-state index in [0.717, 1.165) is 22.6 Å². The third-order valence-electron chi connectivity index (χ3n) is 5.32. The Bertz CT molecular complexity index is 1160. The van der Waals surface area contributed by atoms with E-state index >= 15 is 0 Å². The number of likely N-dealkylation sites (tertiary alicyclic amines) is 1. The van der Waals surface area contributed by atoms with Crippen LogP contribution in [0.3, 0.4) is 0 Å². The molecule has 3 aromatic heterocycles. The minimum absolute atomic E-state index is 0.0278. The van der Waals surface area contributed by atoms with Gasteiger partial charge in [-0.1, -0.05) is 6.92 Å². The van der Waals surface area contributed by atoms with Crippen LogP contribution < -0.4 is 11.1 Å². The second-order valence-corrected chi connectivity index (χ2v) is 8.74. The summed E-state index contributed by atoms with van der Waals surface area (Å²) in [5.74, 6) is 0.607. The Morgan fingerprint density at radius 2 is 1.91 bits per heavy atom. The molecule has 4 rings (SSSR count). The molecular formula is C23H32F3N9. The van der Waals surface area contributed by atoms with Crippen molar-refractivity contribution in [2.75, 3.05) is 31.2 Å². The Morgan fingerprint density at radius 1 is 1.20 bits per heavy atom. The molecule has 1 fully saturated rings. The number of nitrogens with two attached hydrogens (primary N) is 1. The van der Waals surface area contributed by atoms with Crippen LogP contribution in [0.25, 0.3) is 16.8 Å². The number of hydrogen-bond acceptors (Lipinski definition) is 8. The number of likely N-dealkylation sites (N-methyl/N-ethyl adjacent to an activating group) is 1. The van der Waals surface area contributed by atoms with Crippen LogP contribution in [-0.4, -0.2) is 69.3 Å². The van der Waals surface area contributed by atoms with Gasteiger partial charge in [-0.2, -0.15) is 15.2 Å². The monoisotopic (exact) mass is 491 g/mol. The number of aryl methyl sites for hydroxylation is 1. The van der Waals surface area contributed by atoms with Crippen molar-refractivity contribution in [1.82, 2.24) is 24.5 Å². The summed E-state index contributed by atoms with van der Waals surface area (Å²) in [4.78, 5) is 10.9. The van der Waals surface area contributed by atoms with Gasteiger partial charge in [0.25, 0.3) is 0 Å². The molecule has 0 radical (unpaired) electrons. The van der Waals surface area contributed by atoms with E-state index in [1.165, 1.54) is 6.92 Å². The highest BCUT2D eigenvalue weighted by Crippen LogP contribution is 2.30. The van der Waals surface area contributed by atoms with E-state index in [1.807, 2.05) is 50.9 Å². The molecule has 12 heteroatoms. The summed E-state index contributed by atoms with van der Waals surface area (Å²) in [6, 6.07) is 5.42. The maximum Gasteiger partial charge on any atom is 0.243 e. The molecule has 2 atom stereocenters.